The average molecular weight is 467 g/mol. The van der Waals surface area contributed by atoms with Crippen LogP contribution in [0.2, 0.25) is 10.0 Å². The Morgan fingerprint density at radius 1 is 1.14 bits per heavy atom. The molecule has 0 radical (unpaired) electrons. The highest BCUT2D eigenvalue weighted by atomic mass is 35.5. The first kappa shape index (κ1) is 23.1. The van der Waals surface area contributed by atoms with Crippen molar-refractivity contribution in [2.75, 3.05) is 17.8 Å². The summed E-state index contributed by atoms with van der Waals surface area (Å²) in [6.45, 7) is 1.56. The normalized spacial score (nSPS) is 11.8. The van der Waals surface area contributed by atoms with Gasteiger partial charge in [-0.3, -0.25) is 9.52 Å². The molecule has 0 aliphatic carbocycles. The predicted octanol–water partition coefficient (Wildman–Crippen LogP) is 4.98. The van der Waals surface area contributed by atoms with Crippen molar-refractivity contribution in [2.24, 2.45) is 0 Å². The average Bonchev–Trinajstić information content (AvgIpc) is 2.61. The van der Waals surface area contributed by atoms with E-state index in [4.69, 9.17) is 23.2 Å². The molecule has 2 rings (SSSR count). The maximum absolute atomic E-state index is 12.7. The number of benzene rings is 2. The van der Waals surface area contributed by atoms with Crippen molar-refractivity contribution in [3.8, 4) is 0 Å². The molecule has 0 fully saturated rings. The number of halogens is 5. The third kappa shape index (κ3) is 6.38. The van der Waals surface area contributed by atoms with Crippen molar-refractivity contribution in [2.45, 2.75) is 11.1 Å². The van der Waals surface area contributed by atoms with E-state index >= 15 is 0 Å². The van der Waals surface area contributed by atoms with Gasteiger partial charge in [0.15, 0.2) is 0 Å². The minimum Gasteiger partial charge on any atom is -0.326 e. The van der Waals surface area contributed by atoms with Crippen LogP contribution in [-0.4, -0.2) is 38.5 Å². The lowest BCUT2D eigenvalue weighted by Crippen LogP contribution is -2.39. The number of amides is 1. The molecule has 156 valence electrons. The van der Waals surface area contributed by atoms with E-state index in [1.165, 1.54) is 36.4 Å². The molecule has 5 nitrogen and oxygen atoms in total. The van der Waals surface area contributed by atoms with E-state index < -0.39 is 28.7 Å². The maximum atomic E-state index is 12.7. The number of nitrogens with one attached hydrogen (secondary N) is 1. The first-order valence-electron chi connectivity index (χ1n) is 7.98. The van der Waals surface area contributed by atoms with Gasteiger partial charge in [-0.1, -0.05) is 35.3 Å². The number of hydrogen-bond donors (Lipinski definition) is 1. The molecule has 0 aliphatic rings. The Balaban J connectivity index is 2.29. The second-order valence-corrected chi connectivity index (χ2v) is 8.35. The first-order valence-corrected chi connectivity index (χ1v) is 10.2. The highest BCUT2D eigenvalue weighted by Gasteiger charge is 2.33. The van der Waals surface area contributed by atoms with Crippen molar-refractivity contribution < 1.29 is 26.4 Å². The number of carbonyl (C=O) groups excluding carboxylic acids is 1. The fourth-order valence-electron chi connectivity index (χ4n) is 2.35. The molecule has 0 atom stereocenters. The number of alkyl halides is 3. The number of nitrogens with zero attached hydrogens (tertiary/aromatic N) is 1. The molecule has 0 spiro atoms. The van der Waals surface area contributed by atoms with E-state index in [0.29, 0.717) is 4.90 Å². The molecule has 0 unspecified atom stereocenters. The van der Waals surface area contributed by atoms with E-state index in [1.807, 2.05) is 0 Å². The number of carbonyl (C=O) groups is 1. The third-order valence-corrected chi connectivity index (χ3v) is 5.69. The minimum absolute atomic E-state index is 0.00696. The van der Waals surface area contributed by atoms with Crippen molar-refractivity contribution in [1.82, 2.24) is 4.90 Å². The van der Waals surface area contributed by atoms with Crippen molar-refractivity contribution in [3.05, 3.63) is 70.7 Å². The van der Waals surface area contributed by atoms with Crippen LogP contribution in [0.1, 0.15) is 10.4 Å². The highest BCUT2D eigenvalue weighted by molar-refractivity contribution is 7.92. The third-order valence-electron chi connectivity index (χ3n) is 3.57. The number of anilines is 1. The second kappa shape index (κ2) is 9.06. The van der Waals surface area contributed by atoms with Crippen molar-refractivity contribution in [3.63, 3.8) is 0 Å². The van der Waals surface area contributed by atoms with Gasteiger partial charge in [-0.05, 0) is 36.4 Å². The molecule has 0 saturated heterocycles. The zero-order chi connectivity index (χ0) is 21.8. The van der Waals surface area contributed by atoms with E-state index in [-0.39, 0.29) is 32.7 Å². The molecular weight excluding hydrogens is 452 g/mol. The summed E-state index contributed by atoms with van der Waals surface area (Å²) in [5.41, 5.74) is -0.127. The zero-order valence-electron chi connectivity index (χ0n) is 14.7. The van der Waals surface area contributed by atoms with Gasteiger partial charge in [0, 0.05) is 17.8 Å². The Hall–Kier alpha value is -2.23. The Morgan fingerprint density at radius 2 is 1.83 bits per heavy atom. The molecule has 2 aromatic carbocycles. The molecular formula is C18H15Cl2F3N2O3S. The fourth-order valence-corrected chi connectivity index (χ4v) is 3.79. The maximum Gasteiger partial charge on any atom is 0.406 e. The molecule has 0 heterocycles. The van der Waals surface area contributed by atoms with Gasteiger partial charge in [-0.25, -0.2) is 8.42 Å². The molecule has 11 heteroatoms. The molecule has 29 heavy (non-hydrogen) atoms. The topological polar surface area (TPSA) is 66.5 Å². The van der Waals surface area contributed by atoms with E-state index in [0.717, 1.165) is 12.1 Å². The summed E-state index contributed by atoms with van der Waals surface area (Å²) in [5.74, 6) is -0.919. The molecule has 0 saturated carbocycles. The lowest BCUT2D eigenvalue weighted by atomic mass is 10.1. The van der Waals surface area contributed by atoms with Gasteiger partial charge in [0.05, 0.1) is 14.9 Å². The highest BCUT2D eigenvalue weighted by Crippen LogP contribution is 2.26. The van der Waals surface area contributed by atoms with Gasteiger partial charge in [0.1, 0.15) is 6.54 Å². The van der Waals surface area contributed by atoms with Gasteiger partial charge in [0.2, 0.25) is 0 Å². The smallest absolute Gasteiger partial charge is 0.326 e. The molecule has 1 amide bonds. The lowest BCUT2D eigenvalue weighted by molar-refractivity contribution is -0.139. The van der Waals surface area contributed by atoms with Gasteiger partial charge in [-0.2, -0.15) is 13.2 Å². The molecule has 0 aliphatic heterocycles. The Kier molecular flexibility index (Phi) is 7.20. The fraction of sp³-hybridized carbons (Fsp3) is 0.167. The van der Waals surface area contributed by atoms with Crippen LogP contribution in [0.15, 0.2) is 60.0 Å². The summed E-state index contributed by atoms with van der Waals surface area (Å²) < 4.78 is 65.4. The Bertz CT molecular complexity index is 1030. The first-order chi connectivity index (χ1) is 13.4. The van der Waals surface area contributed by atoms with Gasteiger partial charge < -0.3 is 4.90 Å². The van der Waals surface area contributed by atoms with Crippen LogP contribution in [0.4, 0.5) is 18.9 Å². The monoisotopic (exact) mass is 466 g/mol. The summed E-state index contributed by atoms with van der Waals surface area (Å²) >= 11 is 11.6. The van der Waals surface area contributed by atoms with Crippen LogP contribution >= 0.6 is 23.2 Å². The standard InChI is InChI=1S/C18H15Cl2F3N2O3S/c1-2-8-25(11-18(21,22)23)17(26)12-4-3-5-13(9-12)24-29(27,28)14-6-7-15(19)16(20)10-14/h2-7,9-10,24H,1,8,11H2. The number of rotatable bonds is 7. The van der Waals surface area contributed by atoms with Crippen molar-refractivity contribution in [1.29, 1.82) is 0 Å². The largest absolute Gasteiger partial charge is 0.406 e. The SMILES string of the molecule is C=CCN(CC(F)(F)F)C(=O)c1cccc(NS(=O)(=O)c2ccc(Cl)c(Cl)c2)c1. The van der Waals surface area contributed by atoms with Gasteiger partial charge in [0.25, 0.3) is 15.9 Å². The minimum atomic E-state index is -4.59. The number of hydrogen-bond acceptors (Lipinski definition) is 3. The van der Waals surface area contributed by atoms with Crippen LogP contribution < -0.4 is 4.72 Å². The predicted molar refractivity (Wildman–Crippen MR) is 106 cm³/mol. The van der Waals surface area contributed by atoms with Crippen LogP contribution in [-0.2, 0) is 10.0 Å². The summed E-state index contributed by atoms with van der Waals surface area (Å²) in [5, 5.41) is 0.205. The number of sulfonamides is 1. The molecule has 0 bridgehead atoms. The second-order valence-electron chi connectivity index (χ2n) is 5.85. The molecule has 1 N–H and O–H groups in total. The van der Waals surface area contributed by atoms with Crippen LogP contribution in [0, 0.1) is 0 Å². The summed E-state index contributed by atoms with van der Waals surface area (Å²) in [6.07, 6.45) is -3.42. The quantitative estimate of drug-likeness (QED) is 0.584. The lowest BCUT2D eigenvalue weighted by Gasteiger charge is -2.22. The van der Waals surface area contributed by atoms with Gasteiger partial charge in [-0.15, -0.1) is 6.58 Å². The van der Waals surface area contributed by atoms with E-state index in [9.17, 15) is 26.4 Å². The summed E-state index contributed by atoms with van der Waals surface area (Å²) in [7, 11) is -4.07. The Labute approximate surface area is 175 Å². The summed E-state index contributed by atoms with van der Waals surface area (Å²) in [4.78, 5) is 12.8. The molecule has 2 aromatic rings. The van der Waals surface area contributed by atoms with Gasteiger partial charge >= 0.3 is 6.18 Å². The summed E-state index contributed by atoms with van der Waals surface area (Å²) in [6, 6.07) is 8.82. The Morgan fingerprint density at radius 3 is 2.41 bits per heavy atom. The van der Waals surface area contributed by atoms with Crippen LogP contribution in [0.5, 0.6) is 0 Å². The van der Waals surface area contributed by atoms with Crippen LogP contribution in [0.3, 0.4) is 0 Å². The van der Waals surface area contributed by atoms with Crippen molar-refractivity contribution >= 4 is 44.8 Å². The van der Waals surface area contributed by atoms with E-state index in [2.05, 4.69) is 11.3 Å². The van der Waals surface area contributed by atoms with Crippen LogP contribution in [0.25, 0.3) is 0 Å². The molecule has 0 aromatic heterocycles. The van der Waals surface area contributed by atoms with E-state index in [1.54, 1.807) is 0 Å². The zero-order valence-corrected chi connectivity index (χ0v) is 17.0.